The monoisotopic (exact) mass is 1620 g/mol. The van der Waals surface area contributed by atoms with E-state index in [1.54, 1.807) is 6.07 Å². The van der Waals surface area contributed by atoms with Gasteiger partial charge in [0.1, 0.15) is 24.4 Å². The first kappa shape index (κ1) is 86.9. The van der Waals surface area contributed by atoms with Crippen molar-refractivity contribution >= 4 is 74.9 Å². The van der Waals surface area contributed by atoms with E-state index in [2.05, 4.69) is 222 Å². The number of hydrogen-bond acceptors (Lipinski definition) is 15. The summed E-state index contributed by atoms with van der Waals surface area (Å²) in [4.78, 5) is 0.280. The van der Waals surface area contributed by atoms with Gasteiger partial charge in [0.2, 0.25) is 0 Å². The molecule has 6 aliphatic rings. The van der Waals surface area contributed by atoms with E-state index >= 15 is 0 Å². The minimum absolute atomic E-state index is 0.00405. The molecule has 6 fully saturated rings. The maximum Gasteiger partial charge on any atom is 0.193 e. The van der Waals surface area contributed by atoms with E-state index in [0.29, 0.717) is 58.3 Å². The van der Waals surface area contributed by atoms with Crippen LogP contribution in [-0.4, -0.2) is 175 Å². The molecule has 7 rings (SSSR count). The van der Waals surface area contributed by atoms with Gasteiger partial charge in [-0.3, -0.25) is 0 Å². The van der Waals surface area contributed by atoms with Gasteiger partial charge in [-0.2, -0.15) is 0 Å². The first-order chi connectivity index (χ1) is 45.9. The molecule has 18 atom stereocenters. The Balaban J connectivity index is 1.28. The Morgan fingerprint density at radius 3 is 1.78 bits per heavy atom. The van der Waals surface area contributed by atoms with Gasteiger partial charge in [0.15, 0.2) is 58.6 Å². The van der Waals surface area contributed by atoms with Crippen LogP contribution >= 0.6 is 22.6 Å². The van der Waals surface area contributed by atoms with Gasteiger partial charge >= 0.3 is 0 Å². The lowest BCUT2D eigenvalue weighted by molar-refractivity contribution is -0.268. The summed E-state index contributed by atoms with van der Waals surface area (Å²) in [6.07, 6.45) is 6.48. The SMILES string of the molecule is C=C1C[C@H](CCC2OCCO2)O[C@H]1CC[C@H]1C[C@@H](C)C(=C)[C@@H](C[C@@H]2O[C@H](CC(CO[Si](C)(C)C(C)(C)C)O[Si](C)(C)C(C)(C)C)[C@H](OC)[C@H]2CC[C@@H](c2cccc([SH](=O)=O)c2)C2CC[C@@H]3O[C@H]([C@@H](/C=C/I)O[Si](C)(C)C(C)(C)C)C(O[Si](C)(C)C(C)(C)C)C(O[Si](C)(C)C(C)(C)C)[C@H]3O2)O1. The zero-order valence-corrected chi connectivity index (χ0v) is 75.5. The highest BCUT2D eigenvalue weighted by atomic mass is 127. The molecule has 0 aliphatic carbocycles. The normalized spacial score (nSPS) is 31.0. The highest BCUT2D eigenvalue weighted by Crippen LogP contribution is 2.51. The lowest BCUT2D eigenvalue weighted by Gasteiger charge is -2.56. The van der Waals surface area contributed by atoms with Gasteiger partial charge in [-0.15, -0.1) is 0 Å². The molecular weight excluding hydrogens is 1480 g/mol. The van der Waals surface area contributed by atoms with Gasteiger partial charge in [-0.05, 0) is 193 Å². The number of rotatable bonds is 30. The van der Waals surface area contributed by atoms with E-state index < -0.39 is 82.8 Å². The van der Waals surface area contributed by atoms with Crippen molar-refractivity contribution in [1.29, 1.82) is 0 Å². The molecule has 1 aromatic rings. The smallest absolute Gasteiger partial charge is 0.193 e. The van der Waals surface area contributed by atoms with Gasteiger partial charge in [-0.25, -0.2) is 8.42 Å². The van der Waals surface area contributed by atoms with Crippen LogP contribution in [0.1, 0.15) is 199 Å². The van der Waals surface area contributed by atoms with Crippen LogP contribution < -0.4 is 0 Å². The molecule has 0 aromatic heterocycles. The predicted octanol–water partition coefficient (Wildman–Crippen LogP) is 19.5. The van der Waals surface area contributed by atoms with Crippen molar-refractivity contribution in [2.45, 2.75) is 387 Å². The van der Waals surface area contributed by atoms with E-state index in [1.165, 1.54) is 0 Å². The number of fused-ring (bicyclic) bond motifs is 1. The molecular formula is C78H141IO15SSi5. The Morgan fingerprint density at radius 2 is 1.21 bits per heavy atom. The number of thiol groups is 1. The molecule has 4 unspecified atom stereocenters. The molecule has 0 spiro atoms. The van der Waals surface area contributed by atoms with Crippen LogP contribution in [0.3, 0.4) is 0 Å². The Kier molecular flexibility index (Phi) is 29.8. The molecule has 0 radical (unpaired) electrons. The van der Waals surface area contributed by atoms with Crippen molar-refractivity contribution < 1.29 is 68.4 Å². The number of methoxy groups -OCH3 is 1. The van der Waals surface area contributed by atoms with Gasteiger partial charge < -0.3 is 60.0 Å². The zero-order chi connectivity index (χ0) is 74.9. The van der Waals surface area contributed by atoms with Crippen molar-refractivity contribution in [3.8, 4) is 0 Å². The molecule has 576 valence electrons. The highest BCUT2D eigenvalue weighted by Gasteiger charge is 2.59. The zero-order valence-electron chi connectivity index (χ0n) is 67.4. The number of halogens is 1. The van der Waals surface area contributed by atoms with Crippen LogP contribution in [0.25, 0.3) is 0 Å². The summed E-state index contributed by atoms with van der Waals surface area (Å²) in [5, 5.41) is -0.390. The first-order valence-corrected chi connectivity index (χ1v) is 55.1. The molecule has 0 amide bonds. The third kappa shape index (κ3) is 21.8. The van der Waals surface area contributed by atoms with Gasteiger partial charge in [-0.1, -0.05) is 159 Å². The Labute approximate surface area is 629 Å². The lowest BCUT2D eigenvalue weighted by Crippen LogP contribution is -2.69. The summed E-state index contributed by atoms with van der Waals surface area (Å²) >= 11 is 2.33. The van der Waals surface area contributed by atoms with Crippen LogP contribution in [0.5, 0.6) is 0 Å². The second kappa shape index (κ2) is 34.3. The molecule has 22 heteroatoms. The lowest BCUT2D eigenvalue weighted by atomic mass is 9.78. The topological polar surface area (TPSA) is 154 Å². The standard InChI is InChI=1S/C78H141IO15SSi5/c1-51-45-55(33-37-61-52(2)46-56(86-61)34-40-68-83-43-44-84-68)87-65(53(51)3)49-66-60(69(82-19)67(88-66)48-57(91-97(22,23)75(7,8)9)50-85-96(20,21)74(4,5)6)36-35-59(54-31-30-32-58(47-54)95(80)81)62-38-39-63-70(89-62)72(93-99(26,27)77(13,14)15)73(94-100(28,29)78(16,17)18)71(90-63)64(41-42-79)92-98(24,25)76(10,11)12/h30-32,41-42,47,51,55-57,59-73,95H,2-3,33-40,43-46,48-50H2,1,4-29H3/b42-41+/t51-,55+,56+,57?,59+,60+,61+,62?,63+,64-,65-,66+,67-,69-,70+,71-,72?,73?/m1/s1. The summed E-state index contributed by atoms with van der Waals surface area (Å²) in [6.45, 7) is 71.1. The van der Waals surface area contributed by atoms with Crippen molar-refractivity contribution in [3.05, 3.63) is 64.3 Å². The van der Waals surface area contributed by atoms with Crippen LogP contribution in [0.15, 0.2) is 63.6 Å². The van der Waals surface area contributed by atoms with E-state index in [9.17, 15) is 8.42 Å². The molecule has 1 aromatic carbocycles. The van der Waals surface area contributed by atoms with E-state index in [4.69, 9.17) is 66.6 Å². The highest BCUT2D eigenvalue weighted by molar-refractivity contribution is 14.1. The summed E-state index contributed by atoms with van der Waals surface area (Å²) in [6, 6.07) is 7.56. The average Bonchev–Trinajstić information content (AvgIpc) is 0.974. The van der Waals surface area contributed by atoms with E-state index in [-0.39, 0.29) is 115 Å². The predicted molar refractivity (Wildman–Crippen MR) is 428 cm³/mol. The number of hydrogen-bond donors (Lipinski definition) is 1. The molecule has 6 aliphatic heterocycles. The Hall–Kier alpha value is -0.316. The van der Waals surface area contributed by atoms with Crippen molar-refractivity contribution in [2.75, 3.05) is 26.9 Å². The molecule has 100 heavy (non-hydrogen) atoms. The number of ether oxygens (including phenoxy) is 8. The summed E-state index contributed by atoms with van der Waals surface area (Å²) in [5.74, 6) is -0.128. The fraction of sp³-hybridized carbons (Fsp3) is 0.846. The molecule has 15 nitrogen and oxygen atoms in total. The Bertz CT molecular complexity index is 2930. The summed E-state index contributed by atoms with van der Waals surface area (Å²) in [7, 11) is -13.1. The minimum atomic E-state index is -2.89. The van der Waals surface area contributed by atoms with Crippen molar-refractivity contribution in [3.63, 3.8) is 0 Å². The Morgan fingerprint density at radius 1 is 0.640 bits per heavy atom. The number of benzene rings is 1. The molecule has 6 heterocycles. The average molecular weight is 1620 g/mol. The van der Waals surface area contributed by atoms with Gasteiger partial charge in [0, 0.05) is 38.2 Å². The van der Waals surface area contributed by atoms with E-state index in [0.717, 1.165) is 55.2 Å². The fourth-order valence-electron chi connectivity index (χ4n) is 14.2. The van der Waals surface area contributed by atoms with Gasteiger partial charge in [0.05, 0.1) is 91.9 Å². The maximum absolute atomic E-state index is 13.1. The van der Waals surface area contributed by atoms with Crippen LogP contribution in [-0.2, 0) is 70.7 Å². The molecule has 0 saturated carbocycles. The molecule has 0 N–H and O–H groups in total. The largest absolute Gasteiger partial charge is 0.414 e. The van der Waals surface area contributed by atoms with Gasteiger partial charge in [0.25, 0.3) is 0 Å². The third-order valence-electron chi connectivity index (χ3n) is 25.8. The van der Waals surface area contributed by atoms with Crippen molar-refractivity contribution in [2.24, 2.45) is 11.8 Å². The van der Waals surface area contributed by atoms with E-state index in [1.807, 2.05) is 19.2 Å². The molecule has 6 saturated heterocycles. The second-order valence-electron chi connectivity index (χ2n) is 38.3. The third-order valence-corrected chi connectivity index (χ3v) is 49.4. The first-order valence-electron chi connectivity index (χ1n) is 38.2. The molecule has 0 bridgehead atoms. The summed E-state index contributed by atoms with van der Waals surface area (Å²) in [5.41, 5.74) is 3.16. The maximum atomic E-state index is 13.1. The quantitative estimate of drug-likeness (QED) is 0.0336. The summed E-state index contributed by atoms with van der Waals surface area (Å²) < 4.78 is 122. The van der Waals surface area contributed by atoms with Crippen LogP contribution in [0.4, 0.5) is 0 Å². The van der Waals surface area contributed by atoms with Crippen LogP contribution in [0.2, 0.25) is 90.7 Å². The second-order valence-corrected chi connectivity index (χ2v) is 63.8. The fourth-order valence-corrected chi connectivity index (χ4v) is 21.3. The van der Waals surface area contributed by atoms with Crippen molar-refractivity contribution in [1.82, 2.24) is 0 Å². The van der Waals surface area contributed by atoms with Crippen LogP contribution in [0, 0.1) is 11.8 Å². The minimum Gasteiger partial charge on any atom is -0.414 e.